The molecule has 0 spiro atoms. The Balaban J connectivity index is 2.37. The lowest BCUT2D eigenvalue weighted by molar-refractivity contribution is -0.385. The number of hydrogen-bond acceptors (Lipinski definition) is 4. The van der Waals surface area contributed by atoms with Crippen molar-refractivity contribution < 1.29 is 9.72 Å². The van der Waals surface area contributed by atoms with E-state index in [-0.39, 0.29) is 21.6 Å². The Morgan fingerprint density at radius 2 is 2.32 bits per heavy atom. The van der Waals surface area contributed by atoms with Crippen molar-refractivity contribution in [3.63, 3.8) is 0 Å². The number of nitriles is 1. The van der Waals surface area contributed by atoms with Gasteiger partial charge in [-0.05, 0) is 34.8 Å². The lowest BCUT2D eigenvalue weighted by atomic mass is 10.1. The van der Waals surface area contributed by atoms with Crippen molar-refractivity contribution in [3.05, 3.63) is 38.3 Å². The molecule has 1 saturated heterocycles. The Labute approximate surface area is 117 Å². The minimum absolute atomic E-state index is 0.154. The van der Waals surface area contributed by atoms with E-state index >= 15 is 0 Å². The average Bonchev–Trinajstić information content (AvgIpc) is 2.86. The Morgan fingerprint density at radius 1 is 1.58 bits per heavy atom. The highest BCUT2D eigenvalue weighted by atomic mass is 79.9. The second-order valence-electron chi connectivity index (χ2n) is 4.18. The van der Waals surface area contributed by atoms with E-state index in [2.05, 4.69) is 22.0 Å². The van der Waals surface area contributed by atoms with Gasteiger partial charge < -0.3 is 4.90 Å². The minimum atomic E-state index is -0.549. The number of carbonyl (C=O) groups excluding carboxylic acids is 1. The van der Waals surface area contributed by atoms with Crippen molar-refractivity contribution in [3.8, 4) is 6.07 Å². The lowest BCUT2D eigenvalue weighted by Crippen LogP contribution is -2.34. The first-order valence-corrected chi connectivity index (χ1v) is 6.49. The average molecular weight is 324 g/mol. The topological polar surface area (TPSA) is 87.2 Å². The quantitative estimate of drug-likeness (QED) is 0.618. The minimum Gasteiger partial charge on any atom is -0.323 e. The van der Waals surface area contributed by atoms with Gasteiger partial charge >= 0.3 is 0 Å². The summed E-state index contributed by atoms with van der Waals surface area (Å²) in [5.41, 5.74) is 0.0647. The molecule has 7 heteroatoms. The molecule has 1 fully saturated rings. The molecule has 0 aromatic heterocycles. The fourth-order valence-corrected chi connectivity index (χ4v) is 2.70. The number of hydrogen-bond donors (Lipinski definition) is 0. The number of halogens is 1. The molecule has 1 unspecified atom stereocenters. The third kappa shape index (κ3) is 2.44. The van der Waals surface area contributed by atoms with Crippen molar-refractivity contribution in [1.82, 2.24) is 4.90 Å². The van der Waals surface area contributed by atoms with Gasteiger partial charge in [0.1, 0.15) is 10.5 Å². The number of nitrogens with zero attached hydrogens (tertiary/aromatic N) is 3. The maximum Gasteiger partial charge on any atom is 0.284 e. The van der Waals surface area contributed by atoms with Crippen LogP contribution in [0.4, 0.5) is 5.69 Å². The molecule has 0 bridgehead atoms. The fraction of sp³-hybridized carbons (Fsp3) is 0.333. The molecule has 0 radical (unpaired) electrons. The maximum atomic E-state index is 12.3. The van der Waals surface area contributed by atoms with Gasteiger partial charge in [-0.2, -0.15) is 5.26 Å². The van der Waals surface area contributed by atoms with Crippen LogP contribution in [0.15, 0.2) is 22.7 Å². The summed E-state index contributed by atoms with van der Waals surface area (Å²) < 4.78 is 0.161. The molecule has 0 aliphatic carbocycles. The summed E-state index contributed by atoms with van der Waals surface area (Å²) in [6.07, 6.45) is 1.42. The van der Waals surface area contributed by atoms with Crippen molar-refractivity contribution in [1.29, 1.82) is 5.26 Å². The summed E-state index contributed by atoms with van der Waals surface area (Å²) in [6.45, 7) is 0.506. The highest BCUT2D eigenvalue weighted by Crippen LogP contribution is 2.30. The van der Waals surface area contributed by atoms with Crippen LogP contribution in [0.25, 0.3) is 0 Å². The molecule has 2 rings (SSSR count). The predicted octanol–water partition coefficient (Wildman–Crippen LogP) is 2.49. The zero-order valence-corrected chi connectivity index (χ0v) is 11.5. The van der Waals surface area contributed by atoms with Gasteiger partial charge in [0, 0.05) is 12.6 Å². The lowest BCUT2D eigenvalue weighted by Gasteiger charge is -2.19. The Morgan fingerprint density at radius 3 is 2.95 bits per heavy atom. The molecule has 0 N–H and O–H groups in total. The van der Waals surface area contributed by atoms with Gasteiger partial charge in [-0.25, -0.2) is 0 Å². The van der Waals surface area contributed by atoms with Gasteiger partial charge in [0.05, 0.1) is 16.6 Å². The molecule has 1 aliphatic heterocycles. The fourth-order valence-electron chi connectivity index (χ4n) is 2.12. The Bertz CT molecular complexity index is 582. The largest absolute Gasteiger partial charge is 0.323 e. The zero-order valence-electron chi connectivity index (χ0n) is 9.88. The van der Waals surface area contributed by atoms with E-state index in [4.69, 9.17) is 5.26 Å². The first-order chi connectivity index (χ1) is 9.06. The molecule has 1 amide bonds. The molecular weight excluding hydrogens is 314 g/mol. The van der Waals surface area contributed by atoms with Crippen LogP contribution >= 0.6 is 15.9 Å². The van der Waals surface area contributed by atoms with Crippen molar-refractivity contribution in [2.24, 2.45) is 0 Å². The summed E-state index contributed by atoms with van der Waals surface area (Å²) in [4.78, 5) is 24.1. The van der Waals surface area contributed by atoms with Crippen LogP contribution in [0.2, 0.25) is 0 Å². The maximum absolute atomic E-state index is 12.3. The van der Waals surface area contributed by atoms with E-state index in [0.717, 1.165) is 6.42 Å². The van der Waals surface area contributed by atoms with Crippen molar-refractivity contribution in [2.75, 3.05) is 6.54 Å². The van der Waals surface area contributed by atoms with Gasteiger partial charge in [0.2, 0.25) is 0 Å². The Hall–Kier alpha value is -1.94. The smallest absolute Gasteiger partial charge is 0.284 e. The van der Waals surface area contributed by atoms with Crippen molar-refractivity contribution >= 4 is 27.5 Å². The monoisotopic (exact) mass is 323 g/mol. The zero-order chi connectivity index (χ0) is 14.0. The number of benzene rings is 1. The number of likely N-dealkylation sites (tertiary alicyclic amines) is 1. The van der Waals surface area contributed by atoms with E-state index in [1.165, 1.54) is 23.1 Å². The van der Waals surface area contributed by atoms with E-state index in [0.29, 0.717) is 13.0 Å². The van der Waals surface area contributed by atoms with Crippen LogP contribution < -0.4 is 0 Å². The number of nitro groups is 1. The standard InChI is InChI=1S/C12H10BrN3O3/c13-11-9(4-1-5-10(11)16(18)19)12(17)15-6-2-3-8(15)7-14/h1,4-5,8H,2-3,6H2. The summed E-state index contributed by atoms with van der Waals surface area (Å²) in [7, 11) is 0. The summed E-state index contributed by atoms with van der Waals surface area (Å²) in [5.74, 6) is -0.348. The van der Waals surface area contributed by atoms with Crippen LogP contribution in [-0.2, 0) is 0 Å². The molecule has 98 valence electrons. The molecule has 1 heterocycles. The van der Waals surface area contributed by atoms with E-state index in [1.807, 2.05) is 0 Å². The first-order valence-electron chi connectivity index (χ1n) is 5.69. The molecule has 0 saturated carbocycles. The Kier molecular flexibility index (Phi) is 3.81. The van der Waals surface area contributed by atoms with Gasteiger partial charge in [-0.3, -0.25) is 14.9 Å². The van der Waals surface area contributed by atoms with E-state index in [9.17, 15) is 14.9 Å². The third-order valence-corrected chi connectivity index (χ3v) is 3.90. The van der Waals surface area contributed by atoms with Gasteiger partial charge in [0.15, 0.2) is 0 Å². The summed E-state index contributed by atoms with van der Waals surface area (Å²) in [6, 6.07) is 5.94. The molecule has 1 atom stereocenters. The summed E-state index contributed by atoms with van der Waals surface area (Å²) >= 11 is 3.10. The van der Waals surface area contributed by atoms with Crippen LogP contribution in [-0.4, -0.2) is 28.3 Å². The number of nitro benzene ring substituents is 1. The molecule has 1 aliphatic rings. The third-order valence-electron chi connectivity index (χ3n) is 3.07. The van der Waals surface area contributed by atoms with Crippen LogP contribution in [0.3, 0.4) is 0 Å². The van der Waals surface area contributed by atoms with E-state index in [1.54, 1.807) is 0 Å². The first kappa shape index (κ1) is 13.5. The summed E-state index contributed by atoms with van der Waals surface area (Å²) in [5, 5.41) is 19.8. The van der Waals surface area contributed by atoms with E-state index < -0.39 is 11.0 Å². The second kappa shape index (κ2) is 5.36. The van der Waals surface area contributed by atoms with Crippen LogP contribution in [0, 0.1) is 21.4 Å². The van der Waals surface area contributed by atoms with Gasteiger partial charge in [-0.15, -0.1) is 0 Å². The number of carbonyl (C=O) groups is 1. The molecule has 19 heavy (non-hydrogen) atoms. The predicted molar refractivity (Wildman–Crippen MR) is 70.5 cm³/mol. The number of amides is 1. The second-order valence-corrected chi connectivity index (χ2v) is 4.97. The van der Waals surface area contributed by atoms with Crippen LogP contribution in [0.5, 0.6) is 0 Å². The molecule has 6 nitrogen and oxygen atoms in total. The van der Waals surface area contributed by atoms with Crippen LogP contribution in [0.1, 0.15) is 23.2 Å². The molecular formula is C12H10BrN3O3. The highest BCUT2D eigenvalue weighted by molar-refractivity contribution is 9.10. The highest BCUT2D eigenvalue weighted by Gasteiger charge is 2.31. The normalized spacial score (nSPS) is 18.1. The van der Waals surface area contributed by atoms with Gasteiger partial charge in [-0.1, -0.05) is 6.07 Å². The molecule has 1 aromatic carbocycles. The SMILES string of the molecule is N#CC1CCCN1C(=O)c1cccc([N+](=O)[O-])c1Br. The van der Waals surface area contributed by atoms with Crippen molar-refractivity contribution in [2.45, 2.75) is 18.9 Å². The van der Waals surface area contributed by atoms with Gasteiger partial charge in [0.25, 0.3) is 11.6 Å². The number of rotatable bonds is 2. The molecule has 1 aromatic rings.